The van der Waals surface area contributed by atoms with Gasteiger partial charge in [0.15, 0.2) is 0 Å². The fourth-order valence-electron chi connectivity index (χ4n) is 3.78. The Labute approximate surface area is 190 Å². The third kappa shape index (κ3) is 4.61. The SMILES string of the molecule is CC[NH+](CC)CCN1C(=O)C(=O)C(=C(O)c2ccc(Cl)cc2)[C@H]1c1cccc(Br)c1. The molecule has 5 nitrogen and oxygen atoms in total. The van der Waals surface area contributed by atoms with E-state index in [0.717, 1.165) is 29.7 Å². The number of carbonyl (C=O) groups excluding carboxylic acids is 2. The van der Waals surface area contributed by atoms with Crippen molar-refractivity contribution in [2.75, 3.05) is 26.2 Å². The second kappa shape index (κ2) is 9.77. The van der Waals surface area contributed by atoms with Crippen molar-refractivity contribution in [3.05, 3.63) is 74.7 Å². The van der Waals surface area contributed by atoms with Crippen LogP contribution < -0.4 is 4.90 Å². The van der Waals surface area contributed by atoms with E-state index in [4.69, 9.17) is 11.6 Å². The second-order valence-corrected chi connectivity index (χ2v) is 8.61. The van der Waals surface area contributed by atoms with E-state index in [1.54, 1.807) is 29.2 Å². The van der Waals surface area contributed by atoms with E-state index in [2.05, 4.69) is 29.8 Å². The van der Waals surface area contributed by atoms with Crippen LogP contribution in [0.25, 0.3) is 5.76 Å². The van der Waals surface area contributed by atoms with Crippen LogP contribution in [0.1, 0.15) is 31.0 Å². The van der Waals surface area contributed by atoms with Crippen LogP contribution in [0, 0.1) is 0 Å². The smallest absolute Gasteiger partial charge is 0.295 e. The van der Waals surface area contributed by atoms with Gasteiger partial charge in [0, 0.05) is 15.1 Å². The molecule has 3 rings (SSSR count). The first kappa shape index (κ1) is 22.5. The number of likely N-dealkylation sites (tertiary alicyclic amines) is 1. The van der Waals surface area contributed by atoms with Gasteiger partial charge >= 0.3 is 0 Å². The van der Waals surface area contributed by atoms with Crippen molar-refractivity contribution in [3.8, 4) is 0 Å². The van der Waals surface area contributed by atoms with Gasteiger partial charge in [-0.3, -0.25) is 9.59 Å². The van der Waals surface area contributed by atoms with Crippen LogP contribution in [0.3, 0.4) is 0 Å². The zero-order valence-corrected chi connectivity index (χ0v) is 19.3. The maximum atomic E-state index is 13.0. The molecule has 0 saturated carbocycles. The Hall–Kier alpha value is -2.15. The Bertz CT molecular complexity index is 971. The number of halogens is 2. The van der Waals surface area contributed by atoms with Crippen LogP contribution >= 0.6 is 27.5 Å². The summed E-state index contributed by atoms with van der Waals surface area (Å²) in [6, 6.07) is 13.4. The highest BCUT2D eigenvalue weighted by atomic mass is 79.9. The van der Waals surface area contributed by atoms with Gasteiger partial charge < -0.3 is 14.9 Å². The number of carbonyl (C=O) groups is 2. The normalized spacial score (nSPS) is 18.4. The van der Waals surface area contributed by atoms with Crippen LogP contribution in [-0.2, 0) is 9.59 Å². The molecular weight excluding hydrogens is 468 g/mol. The number of hydrogen-bond acceptors (Lipinski definition) is 3. The molecule has 0 radical (unpaired) electrons. The molecule has 1 amide bonds. The topological polar surface area (TPSA) is 62.0 Å². The van der Waals surface area contributed by atoms with Crippen LogP contribution in [0.15, 0.2) is 58.6 Å². The number of nitrogens with zero attached hydrogens (tertiary/aromatic N) is 1. The molecule has 2 N–H and O–H groups in total. The van der Waals surface area contributed by atoms with Crippen LogP contribution in [-0.4, -0.2) is 47.9 Å². The first-order chi connectivity index (χ1) is 14.4. The van der Waals surface area contributed by atoms with Gasteiger partial charge in [-0.15, -0.1) is 0 Å². The molecule has 0 aromatic heterocycles. The molecule has 2 aromatic rings. The molecule has 1 fully saturated rings. The van der Waals surface area contributed by atoms with Crippen LogP contribution in [0.5, 0.6) is 0 Å². The highest BCUT2D eigenvalue weighted by Gasteiger charge is 2.46. The summed E-state index contributed by atoms with van der Waals surface area (Å²) in [6.07, 6.45) is 0. The highest BCUT2D eigenvalue weighted by molar-refractivity contribution is 9.10. The van der Waals surface area contributed by atoms with Crippen molar-refractivity contribution in [1.29, 1.82) is 0 Å². The summed E-state index contributed by atoms with van der Waals surface area (Å²) < 4.78 is 0.839. The number of benzene rings is 2. The molecule has 1 aliphatic rings. The number of likely N-dealkylation sites (N-methyl/N-ethyl adjacent to an activating group) is 1. The summed E-state index contributed by atoms with van der Waals surface area (Å²) in [4.78, 5) is 28.9. The zero-order valence-electron chi connectivity index (χ0n) is 17.0. The van der Waals surface area contributed by atoms with Crippen molar-refractivity contribution in [2.45, 2.75) is 19.9 Å². The number of amides is 1. The summed E-state index contributed by atoms with van der Waals surface area (Å²) in [6.45, 7) is 7.22. The van der Waals surface area contributed by atoms with E-state index < -0.39 is 17.7 Å². The number of quaternary nitrogens is 1. The summed E-state index contributed by atoms with van der Waals surface area (Å²) in [7, 11) is 0. The molecule has 7 heteroatoms. The molecular formula is C23H25BrClN2O3+. The first-order valence-electron chi connectivity index (χ1n) is 10.0. The predicted octanol–water partition coefficient (Wildman–Crippen LogP) is 3.45. The average molecular weight is 493 g/mol. The molecule has 1 heterocycles. The summed E-state index contributed by atoms with van der Waals surface area (Å²) in [5, 5.41) is 11.5. The number of nitrogens with one attached hydrogen (secondary N) is 1. The standard InChI is InChI=1S/C23H24BrClN2O3/c1-3-26(4-2)12-13-27-20(16-6-5-7-17(24)14-16)19(22(29)23(27)30)21(28)15-8-10-18(25)11-9-15/h5-11,14,20,28H,3-4,12-13H2,1-2H3/p+1/t20-/m1/s1. The number of rotatable bonds is 7. The third-order valence-corrected chi connectivity index (χ3v) is 6.27. The number of Topliss-reactive ketones (excluding diaryl/α,β-unsaturated/α-hetero) is 1. The number of aliphatic hydroxyl groups excluding tert-OH is 1. The maximum Gasteiger partial charge on any atom is 0.295 e. The Balaban J connectivity index is 2.09. The Morgan fingerprint density at radius 2 is 1.80 bits per heavy atom. The molecule has 1 saturated heterocycles. The molecule has 1 atom stereocenters. The second-order valence-electron chi connectivity index (χ2n) is 7.26. The fraction of sp³-hybridized carbons (Fsp3) is 0.304. The minimum absolute atomic E-state index is 0.106. The van der Waals surface area contributed by atoms with Crippen molar-refractivity contribution < 1.29 is 19.6 Å². The minimum Gasteiger partial charge on any atom is -0.507 e. The maximum absolute atomic E-state index is 13.0. The lowest BCUT2D eigenvalue weighted by atomic mass is 9.95. The lowest BCUT2D eigenvalue weighted by Gasteiger charge is -2.27. The van der Waals surface area contributed by atoms with Gasteiger partial charge in [-0.2, -0.15) is 0 Å². The Kier molecular flexibility index (Phi) is 7.34. The fourth-order valence-corrected chi connectivity index (χ4v) is 4.32. The Morgan fingerprint density at radius 3 is 2.40 bits per heavy atom. The lowest BCUT2D eigenvalue weighted by Crippen LogP contribution is -3.12. The lowest BCUT2D eigenvalue weighted by molar-refractivity contribution is -0.895. The van der Waals surface area contributed by atoms with Gasteiger partial charge in [0.2, 0.25) is 0 Å². The van der Waals surface area contributed by atoms with Gasteiger partial charge in [0.1, 0.15) is 5.76 Å². The number of aliphatic hydroxyl groups is 1. The van der Waals surface area contributed by atoms with Crippen molar-refractivity contribution in [1.82, 2.24) is 4.90 Å². The van der Waals surface area contributed by atoms with E-state index in [0.29, 0.717) is 17.1 Å². The monoisotopic (exact) mass is 491 g/mol. The van der Waals surface area contributed by atoms with E-state index in [1.165, 1.54) is 4.90 Å². The average Bonchev–Trinajstić information content (AvgIpc) is 2.99. The van der Waals surface area contributed by atoms with Gasteiger partial charge in [-0.1, -0.05) is 39.7 Å². The van der Waals surface area contributed by atoms with Crippen molar-refractivity contribution in [2.24, 2.45) is 0 Å². The summed E-state index contributed by atoms with van der Waals surface area (Å²) in [5.41, 5.74) is 1.33. The van der Waals surface area contributed by atoms with E-state index >= 15 is 0 Å². The van der Waals surface area contributed by atoms with E-state index in [9.17, 15) is 14.7 Å². The van der Waals surface area contributed by atoms with Crippen LogP contribution in [0.4, 0.5) is 0 Å². The van der Waals surface area contributed by atoms with E-state index in [-0.39, 0.29) is 11.3 Å². The highest BCUT2D eigenvalue weighted by Crippen LogP contribution is 2.39. The van der Waals surface area contributed by atoms with E-state index in [1.807, 2.05) is 24.3 Å². The van der Waals surface area contributed by atoms with Crippen molar-refractivity contribution >= 4 is 45.0 Å². The summed E-state index contributed by atoms with van der Waals surface area (Å²) in [5.74, 6) is -1.43. The van der Waals surface area contributed by atoms with Gasteiger partial charge in [0.05, 0.1) is 37.8 Å². The first-order valence-corrected chi connectivity index (χ1v) is 11.2. The quantitative estimate of drug-likeness (QED) is 0.354. The van der Waals surface area contributed by atoms with Gasteiger partial charge in [-0.05, 0) is 55.8 Å². The molecule has 1 aliphatic heterocycles. The molecule has 158 valence electrons. The molecule has 2 aromatic carbocycles. The molecule has 0 bridgehead atoms. The summed E-state index contributed by atoms with van der Waals surface area (Å²) >= 11 is 9.42. The van der Waals surface area contributed by atoms with Crippen molar-refractivity contribution in [3.63, 3.8) is 0 Å². The van der Waals surface area contributed by atoms with Gasteiger partial charge in [0.25, 0.3) is 11.7 Å². The minimum atomic E-state index is -0.665. The number of ketones is 1. The Morgan fingerprint density at radius 1 is 1.13 bits per heavy atom. The number of hydrogen-bond donors (Lipinski definition) is 2. The zero-order chi connectivity index (χ0) is 21.8. The molecule has 0 spiro atoms. The predicted molar refractivity (Wildman–Crippen MR) is 122 cm³/mol. The molecule has 0 aliphatic carbocycles. The van der Waals surface area contributed by atoms with Gasteiger partial charge in [-0.25, -0.2) is 0 Å². The van der Waals surface area contributed by atoms with Crippen LogP contribution in [0.2, 0.25) is 5.02 Å². The molecule has 0 unspecified atom stereocenters. The third-order valence-electron chi connectivity index (χ3n) is 5.53. The molecule has 30 heavy (non-hydrogen) atoms. The largest absolute Gasteiger partial charge is 0.507 e.